The van der Waals surface area contributed by atoms with E-state index in [1.54, 1.807) is 0 Å². The molecule has 0 aromatic carbocycles. The van der Waals surface area contributed by atoms with E-state index < -0.39 is 0 Å². The first kappa shape index (κ1) is 14.3. The first-order valence-corrected chi connectivity index (χ1v) is 7.92. The van der Waals surface area contributed by atoms with Gasteiger partial charge in [0.2, 0.25) is 0 Å². The molecule has 1 heterocycles. The highest BCUT2D eigenvalue weighted by Crippen LogP contribution is 2.29. The monoisotopic (exact) mass is 253 g/mol. The molecule has 18 heavy (non-hydrogen) atoms. The van der Waals surface area contributed by atoms with Crippen molar-refractivity contribution in [2.75, 3.05) is 45.8 Å². The second kappa shape index (κ2) is 7.46. The summed E-state index contributed by atoms with van der Waals surface area (Å²) in [7, 11) is 0. The molecule has 0 bridgehead atoms. The van der Waals surface area contributed by atoms with Crippen LogP contribution in [0.3, 0.4) is 0 Å². The highest BCUT2D eigenvalue weighted by molar-refractivity contribution is 4.80. The molecule has 2 fully saturated rings. The van der Waals surface area contributed by atoms with Gasteiger partial charge >= 0.3 is 0 Å². The summed E-state index contributed by atoms with van der Waals surface area (Å²) >= 11 is 0. The number of nitrogens with zero attached hydrogens (tertiary/aromatic N) is 2. The quantitative estimate of drug-likeness (QED) is 0.716. The molecule has 1 unspecified atom stereocenters. The van der Waals surface area contributed by atoms with Gasteiger partial charge in [0.05, 0.1) is 0 Å². The van der Waals surface area contributed by atoms with Gasteiger partial charge in [0, 0.05) is 32.7 Å². The zero-order chi connectivity index (χ0) is 12.8. The molecule has 2 N–H and O–H groups in total. The molecule has 0 aromatic rings. The van der Waals surface area contributed by atoms with E-state index >= 15 is 0 Å². The standard InChI is InChI=1S/C15H31N3/c1-14(6-7-16)3-2-8-17-9-11-18(12-10-17)13-15-4-5-15/h14-15H,2-13,16H2,1H3. The van der Waals surface area contributed by atoms with E-state index in [0.29, 0.717) is 0 Å². The normalized spacial score (nSPS) is 24.3. The molecular formula is C15H31N3. The lowest BCUT2D eigenvalue weighted by atomic mass is 10.0. The summed E-state index contributed by atoms with van der Waals surface area (Å²) in [6, 6.07) is 0. The molecule has 1 saturated carbocycles. The van der Waals surface area contributed by atoms with E-state index in [1.807, 2.05) is 0 Å². The van der Waals surface area contributed by atoms with Gasteiger partial charge in [-0.25, -0.2) is 0 Å². The molecule has 0 spiro atoms. The fourth-order valence-corrected chi connectivity index (χ4v) is 2.95. The van der Waals surface area contributed by atoms with Crippen molar-refractivity contribution in [1.29, 1.82) is 0 Å². The van der Waals surface area contributed by atoms with E-state index in [2.05, 4.69) is 16.7 Å². The Morgan fingerprint density at radius 1 is 1.06 bits per heavy atom. The van der Waals surface area contributed by atoms with Gasteiger partial charge in [-0.15, -0.1) is 0 Å². The van der Waals surface area contributed by atoms with Crippen LogP contribution in [-0.2, 0) is 0 Å². The number of hydrogen-bond donors (Lipinski definition) is 1. The lowest BCUT2D eigenvalue weighted by molar-refractivity contribution is 0.126. The molecule has 0 amide bonds. The average Bonchev–Trinajstić information content (AvgIpc) is 3.16. The van der Waals surface area contributed by atoms with Crippen LogP contribution in [0.25, 0.3) is 0 Å². The summed E-state index contributed by atoms with van der Waals surface area (Å²) in [6.07, 6.45) is 6.86. The van der Waals surface area contributed by atoms with Gasteiger partial charge in [-0.3, -0.25) is 0 Å². The minimum atomic E-state index is 0.811. The number of piperazine rings is 1. The second-order valence-corrected chi connectivity index (χ2v) is 6.41. The molecule has 106 valence electrons. The number of rotatable bonds is 8. The minimum absolute atomic E-state index is 0.811. The molecule has 1 atom stereocenters. The summed E-state index contributed by atoms with van der Waals surface area (Å²) in [5.74, 6) is 1.86. The molecule has 1 aliphatic heterocycles. The van der Waals surface area contributed by atoms with Crippen LogP contribution in [0.5, 0.6) is 0 Å². The third-order valence-corrected chi connectivity index (χ3v) is 4.51. The third-order valence-electron chi connectivity index (χ3n) is 4.51. The Labute approximate surface area is 113 Å². The van der Waals surface area contributed by atoms with Gasteiger partial charge in [0.1, 0.15) is 0 Å². The zero-order valence-electron chi connectivity index (χ0n) is 12.1. The number of hydrogen-bond acceptors (Lipinski definition) is 3. The van der Waals surface area contributed by atoms with Crippen LogP contribution in [0, 0.1) is 11.8 Å². The van der Waals surface area contributed by atoms with E-state index in [-0.39, 0.29) is 0 Å². The topological polar surface area (TPSA) is 32.5 Å². The number of nitrogens with two attached hydrogens (primary N) is 1. The summed E-state index contributed by atoms with van der Waals surface area (Å²) in [5.41, 5.74) is 5.59. The molecule has 2 aliphatic rings. The summed E-state index contributed by atoms with van der Waals surface area (Å²) in [5, 5.41) is 0. The van der Waals surface area contributed by atoms with E-state index in [4.69, 9.17) is 5.73 Å². The summed E-state index contributed by atoms with van der Waals surface area (Å²) < 4.78 is 0. The van der Waals surface area contributed by atoms with E-state index in [0.717, 1.165) is 18.4 Å². The van der Waals surface area contributed by atoms with Crippen molar-refractivity contribution in [2.24, 2.45) is 17.6 Å². The predicted molar refractivity (Wildman–Crippen MR) is 77.7 cm³/mol. The van der Waals surface area contributed by atoms with Crippen molar-refractivity contribution in [3.05, 3.63) is 0 Å². The summed E-state index contributed by atoms with van der Waals surface area (Å²) in [6.45, 7) is 11.0. The summed E-state index contributed by atoms with van der Waals surface area (Å²) in [4.78, 5) is 5.32. The maximum atomic E-state index is 5.59. The molecule has 1 saturated heterocycles. The fraction of sp³-hybridized carbons (Fsp3) is 1.00. The maximum absolute atomic E-state index is 5.59. The Bertz CT molecular complexity index is 220. The molecule has 1 aliphatic carbocycles. The molecule has 0 aromatic heterocycles. The van der Waals surface area contributed by atoms with Crippen LogP contribution in [0.4, 0.5) is 0 Å². The zero-order valence-corrected chi connectivity index (χ0v) is 12.1. The Kier molecular flexibility index (Phi) is 5.93. The lowest BCUT2D eigenvalue weighted by Crippen LogP contribution is -2.47. The maximum Gasteiger partial charge on any atom is 0.0110 e. The molecule has 0 radical (unpaired) electrons. The Hall–Kier alpha value is -0.120. The van der Waals surface area contributed by atoms with Crippen LogP contribution in [0.2, 0.25) is 0 Å². The average molecular weight is 253 g/mol. The first-order valence-electron chi connectivity index (χ1n) is 7.92. The first-order chi connectivity index (χ1) is 8.78. The Balaban J connectivity index is 1.50. The third kappa shape index (κ3) is 5.25. The van der Waals surface area contributed by atoms with Crippen molar-refractivity contribution < 1.29 is 0 Å². The van der Waals surface area contributed by atoms with Crippen LogP contribution in [0.15, 0.2) is 0 Å². The molecule has 3 nitrogen and oxygen atoms in total. The lowest BCUT2D eigenvalue weighted by Gasteiger charge is -2.34. The van der Waals surface area contributed by atoms with Gasteiger partial charge < -0.3 is 15.5 Å². The minimum Gasteiger partial charge on any atom is -0.330 e. The van der Waals surface area contributed by atoms with E-state index in [9.17, 15) is 0 Å². The van der Waals surface area contributed by atoms with Crippen LogP contribution < -0.4 is 5.73 Å². The fourth-order valence-electron chi connectivity index (χ4n) is 2.95. The predicted octanol–water partition coefficient (Wildman–Crippen LogP) is 1.78. The van der Waals surface area contributed by atoms with Crippen LogP contribution >= 0.6 is 0 Å². The van der Waals surface area contributed by atoms with Crippen LogP contribution in [-0.4, -0.2) is 55.6 Å². The smallest absolute Gasteiger partial charge is 0.0110 e. The Morgan fingerprint density at radius 2 is 1.72 bits per heavy atom. The molecular weight excluding hydrogens is 222 g/mol. The van der Waals surface area contributed by atoms with Crippen molar-refractivity contribution in [2.45, 2.75) is 39.0 Å². The second-order valence-electron chi connectivity index (χ2n) is 6.41. The van der Waals surface area contributed by atoms with Crippen LogP contribution in [0.1, 0.15) is 39.0 Å². The van der Waals surface area contributed by atoms with Crippen molar-refractivity contribution in [1.82, 2.24) is 9.80 Å². The van der Waals surface area contributed by atoms with Crippen molar-refractivity contribution in [3.63, 3.8) is 0 Å². The Morgan fingerprint density at radius 3 is 2.33 bits per heavy atom. The SMILES string of the molecule is CC(CCN)CCCN1CCN(CC2CC2)CC1. The molecule has 2 rings (SSSR count). The van der Waals surface area contributed by atoms with Gasteiger partial charge in [-0.1, -0.05) is 6.92 Å². The van der Waals surface area contributed by atoms with Gasteiger partial charge in [-0.2, -0.15) is 0 Å². The van der Waals surface area contributed by atoms with Crippen molar-refractivity contribution >= 4 is 0 Å². The highest BCUT2D eigenvalue weighted by atomic mass is 15.3. The van der Waals surface area contributed by atoms with Gasteiger partial charge in [0.15, 0.2) is 0 Å². The van der Waals surface area contributed by atoms with Crippen molar-refractivity contribution in [3.8, 4) is 0 Å². The van der Waals surface area contributed by atoms with Gasteiger partial charge in [-0.05, 0) is 57.0 Å². The highest BCUT2D eigenvalue weighted by Gasteiger charge is 2.26. The molecule has 3 heteroatoms. The van der Waals surface area contributed by atoms with Gasteiger partial charge in [0.25, 0.3) is 0 Å². The van der Waals surface area contributed by atoms with E-state index in [1.165, 1.54) is 71.4 Å². The largest absolute Gasteiger partial charge is 0.330 e.